The molecule has 0 radical (unpaired) electrons. The van der Waals surface area contributed by atoms with Crippen molar-refractivity contribution in [3.8, 4) is 0 Å². The highest BCUT2D eigenvalue weighted by molar-refractivity contribution is 4.43. The standard InChI is InChI=1S/C9H20O4/c1-2-3-4-5-6-7-8-13-9(10,11)12/h10-12H,2-8H2,1H3. The Morgan fingerprint density at radius 1 is 0.923 bits per heavy atom. The predicted octanol–water partition coefficient (Wildman–Crippen LogP) is 0.952. The zero-order valence-corrected chi connectivity index (χ0v) is 8.20. The topological polar surface area (TPSA) is 69.9 Å². The van der Waals surface area contributed by atoms with E-state index in [0.29, 0.717) is 0 Å². The van der Waals surface area contributed by atoms with Gasteiger partial charge in [0.2, 0.25) is 0 Å². The molecule has 0 amide bonds. The highest BCUT2D eigenvalue weighted by atomic mass is 16.9. The average Bonchev–Trinajstić information content (AvgIpc) is 2.01. The molecular formula is C9H20O4. The highest BCUT2D eigenvalue weighted by Gasteiger charge is 2.17. The number of hydrogen-bond acceptors (Lipinski definition) is 4. The summed E-state index contributed by atoms with van der Waals surface area (Å²) < 4.78 is 4.30. The predicted molar refractivity (Wildman–Crippen MR) is 48.7 cm³/mol. The fourth-order valence-corrected chi connectivity index (χ4v) is 1.09. The van der Waals surface area contributed by atoms with Crippen LogP contribution in [-0.4, -0.2) is 28.1 Å². The molecule has 0 aliphatic carbocycles. The lowest BCUT2D eigenvalue weighted by Crippen LogP contribution is -2.31. The molecule has 3 N–H and O–H groups in total. The maximum absolute atomic E-state index is 8.35. The number of ether oxygens (including phenoxy) is 1. The normalized spacial score (nSPS) is 12.0. The van der Waals surface area contributed by atoms with Gasteiger partial charge in [-0.1, -0.05) is 39.0 Å². The van der Waals surface area contributed by atoms with Crippen LogP contribution >= 0.6 is 0 Å². The lowest BCUT2D eigenvalue weighted by Gasteiger charge is -2.13. The Bertz CT molecular complexity index is 109. The molecule has 4 nitrogen and oxygen atoms in total. The van der Waals surface area contributed by atoms with Crippen molar-refractivity contribution in [2.75, 3.05) is 6.61 Å². The van der Waals surface area contributed by atoms with Crippen LogP contribution in [0.1, 0.15) is 45.4 Å². The van der Waals surface area contributed by atoms with Crippen LogP contribution < -0.4 is 0 Å². The van der Waals surface area contributed by atoms with E-state index in [0.717, 1.165) is 19.3 Å². The van der Waals surface area contributed by atoms with Crippen LogP contribution in [0.15, 0.2) is 0 Å². The van der Waals surface area contributed by atoms with Gasteiger partial charge in [0.1, 0.15) is 0 Å². The largest absolute Gasteiger partial charge is 0.404 e. The molecular weight excluding hydrogens is 172 g/mol. The van der Waals surface area contributed by atoms with E-state index in [2.05, 4.69) is 11.7 Å². The van der Waals surface area contributed by atoms with Crippen LogP contribution in [0.25, 0.3) is 0 Å². The minimum atomic E-state index is -2.95. The van der Waals surface area contributed by atoms with E-state index in [-0.39, 0.29) is 6.61 Å². The molecule has 0 rings (SSSR count). The number of rotatable bonds is 8. The SMILES string of the molecule is CCCCCCCCOC(O)(O)O. The summed E-state index contributed by atoms with van der Waals surface area (Å²) in [7, 11) is 0. The Hall–Kier alpha value is -0.160. The van der Waals surface area contributed by atoms with E-state index < -0.39 is 6.16 Å². The number of aliphatic hydroxyl groups is 3. The lowest BCUT2D eigenvalue weighted by atomic mass is 10.1. The van der Waals surface area contributed by atoms with Crippen LogP contribution in [0.5, 0.6) is 0 Å². The van der Waals surface area contributed by atoms with E-state index in [9.17, 15) is 0 Å². The zero-order valence-electron chi connectivity index (χ0n) is 8.20. The van der Waals surface area contributed by atoms with Crippen molar-refractivity contribution < 1.29 is 20.1 Å². The summed E-state index contributed by atoms with van der Waals surface area (Å²) in [4.78, 5) is 0. The molecule has 0 spiro atoms. The van der Waals surface area contributed by atoms with Crippen molar-refractivity contribution in [1.82, 2.24) is 0 Å². The lowest BCUT2D eigenvalue weighted by molar-refractivity contribution is -0.454. The smallest absolute Gasteiger partial charge is 0.319 e. The van der Waals surface area contributed by atoms with E-state index >= 15 is 0 Å². The number of unbranched alkanes of at least 4 members (excludes halogenated alkanes) is 5. The summed E-state index contributed by atoms with van der Waals surface area (Å²) in [6.07, 6.45) is 3.58. The van der Waals surface area contributed by atoms with E-state index in [1.807, 2.05) is 0 Å². The second kappa shape index (κ2) is 7.26. The van der Waals surface area contributed by atoms with Crippen molar-refractivity contribution >= 4 is 0 Å². The molecule has 0 bridgehead atoms. The zero-order chi connectivity index (χ0) is 10.2. The van der Waals surface area contributed by atoms with Crippen LogP contribution in [0.4, 0.5) is 0 Å². The van der Waals surface area contributed by atoms with Gasteiger partial charge < -0.3 is 20.1 Å². The van der Waals surface area contributed by atoms with Crippen LogP contribution in [0.3, 0.4) is 0 Å². The summed E-state index contributed by atoms with van der Waals surface area (Å²) in [6.45, 7) is 2.33. The molecule has 80 valence electrons. The third kappa shape index (κ3) is 11.8. The molecule has 0 aromatic rings. The Labute approximate surface area is 79.2 Å². The van der Waals surface area contributed by atoms with Gasteiger partial charge in [-0.05, 0) is 6.42 Å². The van der Waals surface area contributed by atoms with Crippen LogP contribution in [0, 0.1) is 0 Å². The minimum Gasteiger partial charge on any atom is -0.319 e. The van der Waals surface area contributed by atoms with Crippen molar-refractivity contribution in [2.45, 2.75) is 51.6 Å². The molecule has 0 aromatic carbocycles. The monoisotopic (exact) mass is 192 g/mol. The first kappa shape index (κ1) is 12.8. The highest BCUT2D eigenvalue weighted by Crippen LogP contribution is 2.06. The first-order chi connectivity index (χ1) is 6.06. The second-order valence-electron chi connectivity index (χ2n) is 3.19. The summed E-state index contributed by atoms with van der Waals surface area (Å²) in [5, 5.41) is 25.0. The van der Waals surface area contributed by atoms with E-state index in [4.69, 9.17) is 15.3 Å². The fourth-order valence-electron chi connectivity index (χ4n) is 1.09. The van der Waals surface area contributed by atoms with Gasteiger partial charge in [0.25, 0.3) is 0 Å². The molecule has 0 aromatic heterocycles. The van der Waals surface area contributed by atoms with Gasteiger partial charge in [-0.25, -0.2) is 0 Å². The molecule has 0 heterocycles. The summed E-state index contributed by atoms with van der Waals surface area (Å²) >= 11 is 0. The molecule has 0 aliphatic rings. The van der Waals surface area contributed by atoms with Gasteiger partial charge >= 0.3 is 6.16 Å². The van der Waals surface area contributed by atoms with Crippen molar-refractivity contribution in [1.29, 1.82) is 0 Å². The summed E-state index contributed by atoms with van der Waals surface area (Å²) in [5.74, 6) is 0. The van der Waals surface area contributed by atoms with E-state index in [1.54, 1.807) is 0 Å². The fraction of sp³-hybridized carbons (Fsp3) is 1.00. The van der Waals surface area contributed by atoms with Crippen molar-refractivity contribution in [2.24, 2.45) is 0 Å². The van der Waals surface area contributed by atoms with E-state index in [1.165, 1.54) is 19.3 Å². The summed E-state index contributed by atoms with van der Waals surface area (Å²) in [6, 6.07) is 0. The Balaban J connectivity index is 3.00. The molecule has 0 saturated carbocycles. The summed E-state index contributed by atoms with van der Waals surface area (Å²) in [5.41, 5.74) is 0. The van der Waals surface area contributed by atoms with Gasteiger partial charge in [-0.15, -0.1) is 0 Å². The first-order valence-corrected chi connectivity index (χ1v) is 4.87. The van der Waals surface area contributed by atoms with Crippen molar-refractivity contribution in [3.05, 3.63) is 0 Å². The Morgan fingerprint density at radius 3 is 2.00 bits per heavy atom. The molecule has 0 aliphatic heterocycles. The van der Waals surface area contributed by atoms with Crippen molar-refractivity contribution in [3.63, 3.8) is 0 Å². The Morgan fingerprint density at radius 2 is 1.46 bits per heavy atom. The third-order valence-corrected chi connectivity index (χ3v) is 1.79. The van der Waals surface area contributed by atoms with Crippen LogP contribution in [0.2, 0.25) is 0 Å². The van der Waals surface area contributed by atoms with Gasteiger partial charge in [0.15, 0.2) is 0 Å². The maximum Gasteiger partial charge on any atom is 0.404 e. The molecule has 0 saturated heterocycles. The van der Waals surface area contributed by atoms with Crippen LogP contribution in [-0.2, 0) is 4.74 Å². The average molecular weight is 192 g/mol. The molecule has 4 heteroatoms. The third-order valence-electron chi connectivity index (χ3n) is 1.79. The van der Waals surface area contributed by atoms with Gasteiger partial charge in [0, 0.05) is 0 Å². The minimum absolute atomic E-state index is 0.176. The Kier molecular flexibility index (Phi) is 7.17. The van der Waals surface area contributed by atoms with Gasteiger partial charge in [-0.3, -0.25) is 0 Å². The molecule has 13 heavy (non-hydrogen) atoms. The van der Waals surface area contributed by atoms with Gasteiger partial charge in [-0.2, -0.15) is 0 Å². The van der Waals surface area contributed by atoms with Gasteiger partial charge in [0.05, 0.1) is 6.61 Å². The first-order valence-electron chi connectivity index (χ1n) is 4.87. The molecule has 0 fully saturated rings. The maximum atomic E-state index is 8.35. The number of hydrogen-bond donors (Lipinski definition) is 3. The second-order valence-corrected chi connectivity index (χ2v) is 3.19. The quantitative estimate of drug-likeness (QED) is 0.395. The molecule has 0 unspecified atom stereocenters. The molecule has 0 atom stereocenters.